The summed E-state index contributed by atoms with van der Waals surface area (Å²) in [6.45, 7) is 4.45. The highest BCUT2D eigenvalue weighted by molar-refractivity contribution is 5.95. The van der Waals surface area contributed by atoms with E-state index in [0.29, 0.717) is 49.1 Å². The molecule has 1 fully saturated rings. The van der Waals surface area contributed by atoms with E-state index >= 15 is 0 Å². The summed E-state index contributed by atoms with van der Waals surface area (Å²) in [4.78, 5) is 30.2. The zero-order valence-corrected chi connectivity index (χ0v) is 17.3. The molecular weight excluding hydrogens is 384 g/mol. The molecule has 9 heteroatoms. The van der Waals surface area contributed by atoms with Crippen molar-refractivity contribution in [2.75, 3.05) is 45.3 Å². The second-order valence-corrected chi connectivity index (χ2v) is 6.98. The Morgan fingerprint density at radius 2 is 1.60 bits per heavy atom. The van der Waals surface area contributed by atoms with Gasteiger partial charge in [0.2, 0.25) is 0 Å². The molecule has 9 nitrogen and oxygen atoms in total. The van der Waals surface area contributed by atoms with Gasteiger partial charge in [-0.05, 0) is 19.1 Å². The third kappa shape index (κ3) is 4.05. The number of carbonyl (C=O) groups is 1. The third-order valence-corrected chi connectivity index (χ3v) is 5.07. The summed E-state index contributed by atoms with van der Waals surface area (Å²) in [5.74, 6) is 3.47. The van der Waals surface area contributed by atoms with Gasteiger partial charge in [0.1, 0.15) is 35.3 Å². The van der Waals surface area contributed by atoms with Gasteiger partial charge in [0, 0.05) is 56.3 Å². The molecule has 0 saturated carbocycles. The molecule has 3 heterocycles. The van der Waals surface area contributed by atoms with Crippen molar-refractivity contribution in [1.29, 1.82) is 0 Å². The number of anilines is 1. The number of methoxy groups -OCH3 is 2. The van der Waals surface area contributed by atoms with Gasteiger partial charge in [0.15, 0.2) is 0 Å². The molecule has 0 spiro atoms. The lowest BCUT2D eigenvalue weighted by Gasteiger charge is -2.35. The number of imidazole rings is 1. The number of rotatable bonds is 5. The maximum absolute atomic E-state index is 13.0. The maximum atomic E-state index is 13.0. The average molecular weight is 408 g/mol. The number of amides is 1. The second-order valence-electron chi connectivity index (χ2n) is 6.98. The van der Waals surface area contributed by atoms with E-state index in [9.17, 15) is 4.79 Å². The Hall–Kier alpha value is -3.62. The largest absolute Gasteiger partial charge is 0.497 e. The Bertz CT molecular complexity index is 1010. The lowest BCUT2D eigenvalue weighted by atomic mass is 10.1. The van der Waals surface area contributed by atoms with Gasteiger partial charge in [-0.1, -0.05) is 0 Å². The molecule has 3 aromatic rings. The third-order valence-electron chi connectivity index (χ3n) is 5.07. The summed E-state index contributed by atoms with van der Waals surface area (Å²) in [7, 11) is 3.15. The van der Waals surface area contributed by atoms with Crippen LogP contribution in [0.15, 0.2) is 43.0 Å². The number of benzene rings is 1. The summed E-state index contributed by atoms with van der Waals surface area (Å²) in [6, 6.07) is 7.17. The number of hydrogen-bond donors (Lipinski definition) is 0. The quantitative estimate of drug-likeness (QED) is 0.638. The second kappa shape index (κ2) is 8.40. The molecule has 0 unspecified atom stereocenters. The lowest BCUT2D eigenvalue weighted by Crippen LogP contribution is -2.49. The Labute approximate surface area is 174 Å². The maximum Gasteiger partial charge on any atom is 0.254 e. The van der Waals surface area contributed by atoms with Crippen LogP contribution in [0.3, 0.4) is 0 Å². The zero-order chi connectivity index (χ0) is 21.1. The highest BCUT2D eigenvalue weighted by atomic mass is 16.5. The number of hydrogen-bond acceptors (Lipinski definition) is 7. The molecule has 156 valence electrons. The number of piperazine rings is 1. The molecule has 0 atom stereocenters. The Morgan fingerprint density at radius 3 is 2.20 bits per heavy atom. The van der Waals surface area contributed by atoms with Crippen LogP contribution in [0.4, 0.5) is 5.82 Å². The van der Waals surface area contributed by atoms with Gasteiger partial charge in [0.25, 0.3) is 5.91 Å². The van der Waals surface area contributed by atoms with Crippen molar-refractivity contribution < 1.29 is 14.3 Å². The molecule has 4 rings (SSSR count). The van der Waals surface area contributed by atoms with E-state index in [1.54, 1.807) is 44.9 Å². The summed E-state index contributed by atoms with van der Waals surface area (Å²) in [5, 5.41) is 0. The first-order valence-corrected chi connectivity index (χ1v) is 9.68. The van der Waals surface area contributed by atoms with Crippen LogP contribution < -0.4 is 14.4 Å². The summed E-state index contributed by atoms with van der Waals surface area (Å²) >= 11 is 0. The molecule has 0 aliphatic carbocycles. The van der Waals surface area contributed by atoms with Crippen molar-refractivity contribution in [1.82, 2.24) is 24.4 Å². The van der Waals surface area contributed by atoms with Crippen LogP contribution in [0.25, 0.3) is 5.82 Å². The first-order chi connectivity index (χ1) is 14.6. The first kappa shape index (κ1) is 19.7. The standard InChI is InChI=1S/C21H24N6O3/c1-15-23-19(13-20(24-15)27-5-4-22-14-27)25-6-8-26(9-7-25)21(28)16-10-17(29-2)12-18(11-16)30-3/h4-5,10-14H,6-9H2,1-3H3. The molecule has 1 aromatic carbocycles. The minimum Gasteiger partial charge on any atom is -0.497 e. The monoisotopic (exact) mass is 408 g/mol. The minimum atomic E-state index is -0.0372. The summed E-state index contributed by atoms with van der Waals surface area (Å²) in [6.07, 6.45) is 5.28. The topological polar surface area (TPSA) is 85.6 Å². The molecule has 0 bridgehead atoms. The van der Waals surface area contributed by atoms with Crippen LogP contribution in [0.1, 0.15) is 16.2 Å². The fourth-order valence-electron chi connectivity index (χ4n) is 3.48. The zero-order valence-electron chi connectivity index (χ0n) is 17.3. The highest BCUT2D eigenvalue weighted by Crippen LogP contribution is 2.24. The van der Waals surface area contributed by atoms with Crippen LogP contribution in [0.2, 0.25) is 0 Å². The van der Waals surface area contributed by atoms with Crippen molar-refractivity contribution in [3.05, 3.63) is 54.4 Å². The van der Waals surface area contributed by atoms with E-state index in [1.165, 1.54) is 0 Å². The molecular formula is C21H24N6O3. The van der Waals surface area contributed by atoms with E-state index in [2.05, 4.69) is 19.9 Å². The molecule has 2 aromatic heterocycles. The normalized spacial score (nSPS) is 14.0. The van der Waals surface area contributed by atoms with Gasteiger partial charge in [-0.25, -0.2) is 15.0 Å². The van der Waals surface area contributed by atoms with Gasteiger partial charge >= 0.3 is 0 Å². The van der Waals surface area contributed by atoms with Crippen molar-refractivity contribution >= 4 is 11.7 Å². The van der Waals surface area contributed by atoms with Gasteiger partial charge in [-0.2, -0.15) is 0 Å². The van der Waals surface area contributed by atoms with Crippen molar-refractivity contribution in [2.45, 2.75) is 6.92 Å². The van der Waals surface area contributed by atoms with E-state index in [1.807, 2.05) is 28.7 Å². The Balaban J connectivity index is 1.47. The lowest BCUT2D eigenvalue weighted by molar-refractivity contribution is 0.0745. The van der Waals surface area contributed by atoms with Gasteiger partial charge in [-0.15, -0.1) is 0 Å². The van der Waals surface area contributed by atoms with Crippen molar-refractivity contribution in [3.63, 3.8) is 0 Å². The van der Waals surface area contributed by atoms with E-state index in [-0.39, 0.29) is 5.91 Å². The predicted molar refractivity (Wildman–Crippen MR) is 112 cm³/mol. The fraction of sp³-hybridized carbons (Fsp3) is 0.333. The van der Waals surface area contributed by atoms with E-state index < -0.39 is 0 Å². The van der Waals surface area contributed by atoms with Crippen LogP contribution in [-0.2, 0) is 0 Å². The molecule has 1 aliphatic rings. The highest BCUT2D eigenvalue weighted by Gasteiger charge is 2.24. The number of aromatic nitrogens is 4. The van der Waals surface area contributed by atoms with Crippen LogP contribution >= 0.6 is 0 Å². The molecule has 1 amide bonds. The van der Waals surface area contributed by atoms with Crippen molar-refractivity contribution in [3.8, 4) is 17.3 Å². The predicted octanol–water partition coefficient (Wildman–Crippen LogP) is 1.95. The number of nitrogens with zero attached hydrogens (tertiary/aromatic N) is 6. The molecule has 1 aliphatic heterocycles. The SMILES string of the molecule is COc1cc(OC)cc(C(=O)N2CCN(c3cc(-n4ccnc4)nc(C)n3)CC2)c1. The number of ether oxygens (including phenoxy) is 2. The summed E-state index contributed by atoms with van der Waals surface area (Å²) in [5.41, 5.74) is 0.555. The first-order valence-electron chi connectivity index (χ1n) is 9.68. The Morgan fingerprint density at radius 1 is 0.933 bits per heavy atom. The summed E-state index contributed by atoms with van der Waals surface area (Å²) < 4.78 is 12.4. The number of aryl methyl sites for hydroxylation is 1. The van der Waals surface area contributed by atoms with Crippen LogP contribution in [0.5, 0.6) is 11.5 Å². The van der Waals surface area contributed by atoms with Crippen LogP contribution in [0, 0.1) is 6.92 Å². The van der Waals surface area contributed by atoms with Crippen molar-refractivity contribution in [2.24, 2.45) is 0 Å². The average Bonchev–Trinajstić information content (AvgIpc) is 3.33. The number of carbonyl (C=O) groups excluding carboxylic acids is 1. The minimum absolute atomic E-state index is 0.0372. The smallest absolute Gasteiger partial charge is 0.254 e. The molecule has 0 N–H and O–H groups in total. The van der Waals surface area contributed by atoms with Crippen LogP contribution in [-0.4, -0.2) is 70.7 Å². The van der Waals surface area contributed by atoms with E-state index in [0.717, 1.165) is 11.6 Å². The van der Waals surface area contributed by atoms with Gasteiger partial charge in [0.05, 0.1) is 14.2 Å². The molecule has 30 heavy (non-hydrogen) atoms. The van der Waals surface area contributed by atoms with Gasteiger partial charge in [-0.3, -0.25) is 9.36 Å². The molecule has 1 saturated heterocycles. The fourth-order valence-corrected chi connectivity index (χ4v) is 3.48. The van der Waals surface area contributed by atoms with Gasteiger partial charge < -0.3 is 19.3 Å². The van der Waals surface area contributed by atoms with E-state index in [4.69, 9.17) is 9.47 Å². The molecule has 0 radical (unpaired) electrons. The Kier molecular flexibility index (Phi) is 5.51.